The highest BCUT2D eigenvalue weighted by Gasteiger charge is 2.17. The van der Waals surface area contributed by atoms with Gasteiger partial charge in [0.2, 0.25) is 0 Å². The van der Waals surface area contributed by atoms with Crippen molar-refractivity contribution >= 4 is 45.1 Å². The van der Waals surface area contributed by atoms with Gasteiger partial charge in [-0.2, -0.15) is 0 Å². The number of ether oxygens (including phenoxy) is 1. The SMILES string of the molecule is COc1ccc(-n2c(SCC(C)=O)nnc2-c2ccc(Br)cc2)cc1Cl. The Labute approximate surface area is 168 Å². The van der Waals surface area contributed by atoms with Gasteiger partial charge in [-0.15, -0.1) is 10.2 Å². The number of Topliss-reactive ketones (excluding diaryl/α,β-unsaturated/α-hetero) is 1. The van der Waals surface area contributed by atoms with Crippen molar-refractivity contribution < 1.29 is 9.53 Å². The molecule has 3 aromatic rings. The fourth-order valence-corrected chi connectivity index (χ4v) is 3.61. The molecule has 0 bridgehead atoms. The van der Waals surface area contributed by atoms with E-state index < -0.39 is 0 Å². The number of carbonyl (C=O) groups excluding carboxylic acids is 1. The second-order valence-corrected chi connectivity index (χ2v) is 7.72. The summed E-state index contributed by atoms with van der Waals surface area (Å²) in [6.45, 7) is 1.55. The van der Waals surface area contributed by atoms with Gasteiger partial charge in [-0.25, -0.2) is 0 Å². The zero-order valence-electron chi connectivity index (χ0n) is 14.1. The fraction of sp³-hybridized carbons (Fsp3) is 0.167. The second kappa shape index (κ2) is 8.24. The third-order valence-electron chi connectivity index (χ3n) is 3.53. The number of thioether (sulfide) groups is 1. The van der Waals surface area contributed by atoms with E-state index in [4.69, 9.17) is 16.3 Å². The number of hydrogen-bond donors (Lipinski definition) is 0. The van der Waals surface area contributed by atoms with Crippen LogP contribution in [0.15, 0.2) is 52.1 Å². The van der Waals surface area contributed by atoms with E-state index in [1.807, 2.05) is 34.9 Å². The number of aromatic nitrogens is 3. The zero-order valence-corrected chi connectivity index (χ0v) is 17.2. The minimum Gasteiger partial charge on any atom is -0.495 e. The highest BCUT2D eigenvalue weighted by molar-refractivity contribution is 9.10. The third-order valence-corrected chi connectivity index (χ3v) is 5.43. The number of nitrogens with zero attached hydrogens (tertiary/aromatic N) is 3. The number of carbonyl (C=O) groups is 1. The van der Waals surface area contributed by atoms with E-state index in [2.05, 4.69) is 26.1 Å². The van der Waals surface area contributed by atoms with Crippen LogP contribution in [0.1, 0.15) is 6.92 Å². The molecule has 0 saturated heterocycles. The van der Waals surface area contributed by atoms with Gasteiger partial charge in [0.05, 0.1) is 23.6 Å². The summed E-state index contributed by atoms with van der Waals surface area (Å²) in [5.41, 5.74) is 1.70. The molecule has 0 amide bonds. The van der Waals surface area contributed by atoms with Crippen molar-refractivity contribution in [2.45, 2.75) is 12.1 Å². The minimum absolute atomic E-state index is 0.0718. The molecule has 0 aliphatic rings. The Morgan fingerprint density at radius 1 is 1.23 bits per heavy atom. The molecule has 0 fully saturated rings. The van der Waals surface area contributed by atoms with Crippen molar-refractivity contribution in [3.8, 4) is 22.8 Å². The number of halogens is 2. The van der Waals surface area contributed by atoms with Crippen molar-refractivity contribution in [3.63, 3.8) is 0 Å². The van der Waals surface area contributed by atoms with Gasteiger partial charge in [0.1, 0.15) is 11.5 Å². The van der Waals surface area contributed by atoms with Crippen LogP contribution in [0.4, 0.5) is 0 Å². The highest BCUT2D eigenvalue weighted by Crippen LogP contribution is 2.32. The molecular weight excluding hydrogens is 438 g/mol. The minimum atomic E-state index is 0.0718. The van der Waals surface area contributed by atoms with Crippen LogP contribution in [0.25, 0.3) is 17.1 Å². The largest absolute Gasteiger partial charge is 0.495 e. The fourth-order valence-electron chi connectivity index (χ4n) is 2.34. The van der Waals surface area contributed by atoms with E-state index in [9.17, 15) is 4.79 Å². The Balaban J connectivity index is 2.12. The lowest BCUT2D eigenvalue weighted by Gasteiger charge is -2.12. The maximum absolute atomic E-state index is 11.4. The number of rotatable bonds is 6. The quantitative estimate of drug-likeness (QED) is 0.490. The number of methoxy groups -OCH3 is 1. The normalized spacial score (nSPS) is 10.8. The standard InChI is InChI=1S/C18H15BrClN3O2S/c1-11(24)10-26-18-22-21-17(12-3-5-13(19)6-4-12)23(18)14-7-8-16(25-2)15(20)9-14/h3-9H,10H2,1-2H3. The monoisotopic (exact) mass is 451 g/mol. The summed E-state index contributed by atoms with van der Waals surface area (Å²) in [6.07, 6.45) is 0. The first kappa shape index (κ1) is 18.9. The molecule has 1 heterocycles. The van der Waals surface area contributed by atoms with Gasteiger partial charge in [0, 0.05) is 10.0 Å². The Hall–Kier alpha value is -1.83. The Morgan fingerprint density at radius 3 is 2.58 bits per heavy atom. The van der Waals surface area contributed by atoms with Gasteiger partial charge in [-0.3, -0.25) is 9.36 Å². The van der Waals surface area contributed by atoms with E-state index >= 15 is 0 Å². The maximum atomic E-state index is 11.4. The molecule has 5 nitrogen and oxygen atoms in total. The van der Waals surface area contributed by atoms with Crippen molar-refractivity contribution in [2.24, 2.45) is 0 Å². The van der Waals surface area contributed by atoms with E-state index in [1.54, 1.807) is 26.2 Å². The zero-order chi connectivity index (χ0) is 18.7. The van der Waals surface area contributed by atoms with Gasteiger partial charge in [0.25, 0.3) is 0 Å². The molecule has 0 atom stereocenters. The lowest BCUT2D eigenvalue weighted by molar-refractivity contribution is -0.114. The van der Waals surface area contributed by atoms with Crippen molar-refractivity contribution in [1.29, 1.82) is 0 Å². The Kier molecular flexibility index (Phi) is 6.01. The molecule has 0 aliphatic heterocycles. The average Bonchev–Trinajstić information content (AvgIpc) is 3.04. The van der Waals surface area contributed by atoms with Gasteiger partial charge in [-0.1, -0.05) is 51.4 Å². The summed E-state index contributed by atoms with van der Waals surface area (Å²) in [5.74, 6) is 1.65. The summed E-state index contributed by atoms with van der Waals surface area (Å²) in [6, 6.07) is 13.3. The van der Waals surface area contributed by atoms with Crippen LogP contribution in [0.5, 0.6) is 5.75 Å². The molecular formula is C18H15BrClN3O2S. The Morgan fingerprint density at radius 2 is 1.96 bits per heavy atom. The molecule has 0 unspecified atom stereocenters. The van der Waals surface area contributed by atoms with Crippen LogP contribution in [-0.2, 0) is 4.79 Å². The summed E-state index contributed by atoms with van der Waals surface area (Å²) >= 11 is 11.1. The first-order chi connectivity index (χ1) is 12.5. The molecule has 0 spiro atoms. The molecule has 134 valence electrons. The van der Waals surface area contributed by atoms with Crippen LogP contribution in [0.3, 0.4) is 0 Å². The predicted molar refractivity (Wildman–Crippen MR) is 107 cm³/mol. The van der Waals surface area contributed by atoms with E-state index in [-0.39, 0.29) is 5.78 Å². The summed E-state index contributed by atoms with van der Waals surface area (Å²) in [5, 5.41) is 9.72. The number of hydrogen-bond acceptors (Lipinski definition) is 5. The van der Waals surface area contributed by atoms with Crippen LogP contribution in [0.2, 0.25) is 5.02 Å². The van der Waals surface area contributed by atoms with Gasteiger partial charge >= 0.3 is 0 Å². The van der Waals surface area contributed by atoms with Crippen molar-refractivity contribution in [3.05, 3.63) is 52.0 Å². The van der Waals surface area contributed by atoms with Gasteiger partial charge in [-0.05, 0) is 37.3 Å². The molecule has 8 heteroatoms. The number of benzene rings is 2. The third kappa shape index (κ3) is 4.11. The molecule has 0 saturated carbocycles. The number of ketones is 1. The smallest absolute Gasteiger partial charge is 0.196 e. The lowest BCUT2D eigenvalue weighted by Crippen LogP contribution is -2.02. The average molecular weight is 453 g/mol. The summed E-state index contributed by atoms with van der Waals surface area (Å²) in [7, 11) is 1.57. The maximum Gasteiger partial charge on any atom is 0.196 e. The lowest BCUT2D eigenvalue weighted by atomic mass is 10.2. The molecule has 3 rings (SSSR count). The molecule has 1 aromatic heterocycles. The van der Waals surface area contributed by atoms with E-state index in [1.165, 1.54) is 11.8 Å². The van der Waals surface area contributed by atoms with Crippen molar-refractivity contribution in [1.82, 2.24) is 14.8 Å². The molecule has 0 aliphatic carbocycles. The molecule has 2 aromatic carbocycles. The van der Waals surface area contributed by atoms with E-state index in [0.717, 1.165) is 15.7 Å². The second-order valence-electron chi connectivity index (χ2n) is 5.46. The van der Waals surface area contributed by atoms with Gasteiger partial charge < -0.3 is 4.74 Å². The van der Waals surface area contributed by atoms with Crippen molar-refractivity contribution in [2.75, 3.05) is 12.9 Å². The highest BCUT2D eigenvalue weighted by atomic mass is 79.9. The first-order valence-corrected chi connectivity index (χ1v) is 9.82. The summed E-state index contributed by atoms with van der Waals surface area (Å²) < 4.78 is 8.10. The van der Waals surface area contributed by atoms with Crippen LogP contribution < -0.4 is 4.74 Å². The topological polar surface area (TPSA) is 57.0 Å². The van der Waals surface area contributed by atoms with Crippen LogP contribution >= 0.6 is 39.3 Å². The van der Waals surface area contributed by atoms with Crippen LogP contribution in [-0.4, -0.2) is 33.4 Å². The summed E-state index contributed by atoms with van der Waals surface area (Å²) in [4.78, 5) is 11.4. The molecule has 26 heavy (non-hydrogen) atoms. The first-order valence-electron chi connectivity index (χ1n) is 7.67. The van der Waals surface area contributed by atoms with E-state index in [0.29, 0.717) is 27.5 Å². The molecule has 0 radical (unpaired) electrons. The predicted octanol–water partition coefficient (Wildman–Crippen LogP) is 5.04. The Bertz CT molecular complexity index is 944. The molecule has 0 N–H and O–H groups in total. The van der Waals surface area contributed by atoms with Crippen LogP contribution in [0, 0.1) is 0 Å². The van der Waals surface area contributed by atoms with Gasteiger partial charge in [0.15, 0.2) is 11.0 Å².